The van der Waals surface area contributed by atoms with Crippen molar-refractivity contribution in [1.82, 2.24) is 0 Å². The Labute approximate surface area is 132 Å². The van der Waals surface area contributed by atoms with E-state index in [1.165, 1.54) is 26.2 Å². The predicted octanol–water partition coefficient (Wildman–Crippen LogP) is 4.58. The van der Waals surface area contributed by atoms with Gasteiger partial charge >= 0.3 is 6.18 Å². The van der Waals surface area contributed by atoms with Crippen molar-refractivity contribution in [2.45, 2.75) is 20.0 Å². The van der Waals surface area contributed by atoms with Gasteiger partial charge in [-0.2, -0.15) is 13.2 Å². The molecular formula is C17H16F3NO2. The second kappa shape index (κ2) is 6.32. The standard InChI is InChI=1S/C17H16F3NO2/c1-10-7-8-12(9-13(10)17(18,19)20)21-16(22)15-11(2)5-4-6-14(15)23-3/h4-9H,1-3H3,(H,21,22). The third-order valence-electron chi connectivity index (χ3n) is 3.48. The molecule has 0 saturated heterocycles. The number of benzene rings is 2. The molecule has 1 N–H and O–H groups in total. The molecule has 0 aliphatic heterocycles. The Kier molecular flexibility index (Phi) is 4.63. The van der Waals surface area contributed by atoms with E-state index in [0.717, 1.165) is 6.07 Å². The van der Waals surface area contributed by atoms with Crippen LogP contribution in [0.25, 0.3) is 0 Å². The number of nitrogens with one attached hydrogen (secondary N) is 1. The molecule has 0 atom stereocenters. The van der Waals surface area contributed by atoms with Gasteiger partial charge in [-0.05, 0) is 43.2 Å². The summed E-state index contributed by atoms with van der Waals surface area (Å²) in [5.41, 5.74) is 0.378. The molecule has 6 heteroatoms. The zero-order chi connectivity index (χ0) is 17.2. The number of amides is 1. The summed E-state index contributed by atoms with van der Waals surface area (Å²) in [6.07, 6.45) is -4.47. The number of hydrogen-bond donors (Lipinski definition) is 1. The number of anilines is 1. The van der Waals surface area contributed by atoms with E-state index in [2.05, 4.69) is 5.32 Å². The van der Waals surface area contributed by atoms with Crippen LogP contribution in [0.15, 0.2) is 36.4 Å². The topological polar surface area (TPSA) is 38.3 Å². The van der Waals surface area contributed by atoms with E-state index in [-0.39, 0.29) is 11.3 Å². The SMILES string of the molecule is COc1cccc(C)c1C(=O)Nc1ccc(C)c(C(F)(F)F)c1. The van der Waals surface area contributed by atoms with Crippen molar-refractivity contribution in [3.63, 3.8) is 0 Å². The van der Waals surface area contributed by atoms with Crippen molar-refractivity contribution in [1.29, 1.82) is 0 Å². The molecule has 0 bridgehead atoms. The van der Waals surface area contributed by atoms with Gasteiger partial charge in [-0.1, -0.05) is 18.2 Å². The maximum absolute atomic E-state index is 12.9. The van der Waals surface area contributed by atoms with Crippen LogP contribution in [0.5, 0.6) is 5.75 Å². The number of ether oxygens (including phenoxy) is 1. The maximum atomic E-state index is 12.9. The van der Waals surface area contributed by atoms with Crippen molar-refractivity contribution >= 4 is 11.6 Å². The normalized spacial score (nSPS) is 11.2. The molecule has 2 rings (SSSR count). The van der Waals surface area contributed by atoms with E-state index in [1.807, 2.05) is 0 Å². The van der Waals surface area contributed by atoms with Crippen molar-refractivity contribution in [2.24, 2.45) is 0 Å². The Morgan fingerprint density at radius 3 is 2.39 bits per heavy atom. The molecular weight excluding hydrogens is 307 g/mol. The number of halogens is 3. The summed E-state index contributed by atoms with van der Waals surface area (Å²) in [4.78, 5) is 12.4. The lowest BCUT2D eigenvalue weighted by Gasteiger charge is -2.14. The highest BCUT2D eigenvalue weighted by Crippen LogP contribution is 2.33. The summed E-state index contributed by atoms with van der Waals surface area (Å²) in [6.45, 7) is 3.10. The largest absolute Gasteiger partial charge is 0.496 e. The van der Waals surface area contributed by atoms with Crippen molar-refractivity contribution in [3.05, 3.63) is 58.7 Å². The summed E-state index contributed by atoms with van der Waals surface area (Å²) in [7, 11) is 1.43. The first-order valence-corrected chi connectivity index (χ1v) is 6.87. The number of aryl methyl sites for hydroxylation is 2. The lowest BCUT2D eigenvalue weighted by atomic mass is 10.1. The Morgan fingerprint density at radius 1 is 1.09 bits per heavy atom. The van der Waals surface area contributed by atoms with Gasteiger partial charge in [-0.15, -0.1) is 0 Å². The maximum Gasteiger partial charge on any atom is 0.416 e. The Bertz CT molecular complexity index is 739. The van der Waals surface area contributed by atoms with Gasteiger partial charge in [0.05, 0.1) is 18.2 Å². The van der Waals surface area contributed by atoms with E-state index in [1.54, 1.807) is 25.1 Å². The second-order valence-corrected chi connectivity index (χ2v) is 5.13. The molecule has 3 nitrogen and oxygen atoms in total. The van der Waals surface area contributed by atoms with Crippen molar-refractivity contribution in [2.75, 3.05) is 12.4 Å². The first kappa shape index (κ1) is 16.9. The first-order valence-electron chi connectivity index (χ1n) is 6.87. The highest BCUT2D eigenvalue weighted by molar-refractivity contribution is 6.07. The minimum atomic E-state index is -4.47. The number of carbonyl (C=O) groups excluding carboxylic acids is 1. The van der Waals surface area contributed by atoms with Gasteiger partial charge in [0.25, 0.3) is 5.91 Å². The molecule has 23 heavy (non-hydrogen) atoms. The Morgan fingerprint density at radius 2 is 1.78 bits per heavy atom. The molecule has 0 unspecified atom stereocenters. The van der Waals surface area contributed by atoms with E-state index in [9.17, 15) is 18.0 Å². The monoisotopic (exact) mass is 323 g/mol. The van der Waals surface area contributed by atoms with Crippen LogP contribution in [0.2, 0.25) is 0 Å². The predicted molar refractivity (Wildman–Crippen MR) is 81.9 cm³/mol. The third-order valence-corrected chi connectivity index (χ3v) is 3.48. The van der Waals surface area contributed by atoms with Crippen LogP contribution in [-0.4, -0.2) is 13.0 Å². The fourth-order valence-electron chi connectivity index (χ4n) is 2.30. The van der Waals surface area contributed by atoms with E-state index in [4.69, 9.17) is 4.74 Å². The Balaban J connectivity index is 2.35. The number of alkyl halides is 3. The molecule has 0 spiro atoms. The molecule has 2 aromatic carbocycles. The van der Waals surface area contributed by atoms with Gasteiger partial charge in [0.1, 0.15) is 5.75 Å². The average molecular weight is 323 g/mol. The van der Waals surface area contributed by atoms with Crippen LogP contribution in [0.3, 0.4) is 0 Å². The molecule has 0 aromatic heterocycles. The molecule has 1 amide bonds. The average Bonchev–Trinajstić information content (AvgIpc) is 2.47. The highest BCUT2D eigenvalue weighted by Gasteiger charge is 2.32. The van der Waals surface area contributed by atoms with Crippen molar-refractivity contribution < 1.29 is 22.7 Å². The summed E-state index contributed by atoms with van der Waals surface area (Å²) >= 11 is 0. The molecule has 0 fully saturated rings. The number of methoxy groups -OCH3 is 1. The number of carbonyl (C=O) groups is 1. The third kappa shape index (κ3) is 3.64. The molecule has 122 valence electrons. The fraction of sp³-hybridized carbons (Fsp3) is 0.235. The van der Waals surface area contributed by atoms with Gasteiger partial charge in [-0.3, -0.25) is 4.79 Å². The minimum absolute atomic E-state index is 0.0817. The zero-order valence-electron chi connectivity index (χ0n) is 12.9. The molecule has 0 radical (unpaired) electrons. The molecule has 0 aliphatic rings. The fourth-order valence-corrected chi connectivity index (χ4v) is 2.30. The summed E-state index contributed by atoms with van der Waals surface area (Å²) < 4.78 is 44.0. The van der Waals surface area contributed by atoms with Crippen LogP contribution in [-0.2, 0) is 6.18 Å². The van der Waals surface area contributed by atoms with E-state index < -0.39 is 17.6 Å². The van der Waals surface area contributed by atoms with E-state index >= 15 is 0 Å². The molecule has 0 aliphatic carbocycles. The van der Waals surface area contributed by atoms with Crippen molar-refractivity contribution in [3.8, 4) is 5.75 Å². The van der Waals surface area contributed by atoms with Crippen LogP contribution in [0.1, 0.15) is 27.0 Å². The second-order valence-electron chi connectivity index (χ2n) is 5.13. The summed E-state index contributed by atoms with van der Waals surface area (Å²) in [5.74, 6) is -0.150. The number of hydrogen-bond acceptors (Lipinski definition) is 2. The smallest absolute Gasteiger partial charge is 0.416 e. The van der Waals surface area contributed by atoms with Gasteiger partial charge in [-0.25, -0.2) is 0 Å². The van der Waals surface area contributed by atoms with Gasteiger partial charge in [0, 0.05) is 5.69 Å². The van der Waals surface area contributed by atoms with Gasteiger partial charge in [0.15, 0.2) is 0 Å². The van der Waals surface area contributed by atoms with E-state index in [0.29, 0.717) is 16.9 Å². The van der Waals surface area contributed by atoms with Gasteiger partial charge in [0.2, 0.25) is 0 Å². The molecule has 0 saturated carbocycles. The molecule has 2 aromatic rings. The lowest BCUT2D eigenvalue weighted by Crippen LogP contribution is -2.16. The van der Waals surface area contributed by atoms with Crippen LogP contribution in [0.4, 0.5) is 18.9 Å². The van der Waals surface area contributed by atoms with Crippen LogP contribution < -0.4 is 10.1 Å². The number of rotatable bonds is 3. The summed E-state index contributed by atoms with van der Waals surface area (Å²) in [6, 6.07) is 8.78. The first-order chi connectivity index (χ1) is 10.7. The highest BCUT2D eigenvalue weighted by atomic mass is 19.4. The molecule has 0 heterocycles. The quantitative estimate of drug-likeness (QED) is 0.897. The minimum Gasteiger partial charge on any atom is -0.496 e. The van der Waals surface area contributed by atoms with Gasteiger partial charge < -0.3 is 10.1 Å². The lowest BCUT2D eigenvalue weighted by molar-refractivity contribution is -0.138. The zero-order valence-corrected chi connectivity index (χ0v) is 12.9. The summed E-state index contributed by atoms with van der Waals surface area (Å²) in [5, 5.41) is 2.49. The van der Waals surface area contributed by atoms with Crippen LogP contribution >= 0.6 is 0 Å². The van der Waals surface area contributed by atoms with Crippen LogP contribution in [0, 0.1) is 13.8 Å². The Hall–Kier alpha value is -2.50.